The van der Waals surface area contributed by atoms with Gasteiger partial charge in [-0.3, -0.25) is 0 Å². The summed E-state index contributed by atoms with van der Waals surface area (Å²) in [6, 6.07) is 83.3. The Labute approximate surface area is 327 Å². The second-order valence-corrected chi connectivity index (χ2v) is 14.1. The molecule has 0 fully saturated rings. The Morgan fingerprint density at radius 2 is 0.571 bits per heavy atom. The summed E-state index contributed by atoms with van der Waals surface area (Å²) in [5, 5.41) is 7.06. The van der Waals surface area contributed by atoms with E-state index in [4.69, 9.17) is 0 Å². The molecule has 0 spiro atoms. The minimum absolute atomic E-state index is 1.09. The van der Waals surface area contributed by atoms with E-state index in [9.17, 15) is 0 Å². The van der Waals surface area contributed by atoms with Crippen LogP contribution in [0.4, 0.5) is 34.1 Å². The molecule has 0 amide bonds. The third kappa shape index (κ3) is 5.85. The number of rotatable bonds is 8. The molecule has 10 rings (SSSR count). The maximum atomic E-state index is 2.48. The summed E-state index contributed by atoms with van der Waals surface area (Å²) in [5.41, 5.74) is 11.4. The largest absolute Gasteiger partial charge is 0.309 e. The quantitative estimate of drug-likeness (QED) is 0.145. The van der Waals surface area contributed by atoms with E-state index in [1.165, 1.54) is 54.6 Å². The fourth-order valence-electron chi connectivity index (χ4n) is 8.30. The average Bonchev–Trinajstić information content (AvgIpc) is 3.28. The first-order valence-electron chi connectivity index (χ1n) is 19.2. The monoisotopic (exact) mass is 714 g/mol. The first kappa shape index (κ1) is 33.2. The summed E-state index contributed by atoms with van der Waals surface area (Å²) >= 11 is 0. The highest BCUT2D eigenvalue weighted by molar-refractivity contribution is 6.24. The Hall–Kier alpha value is -7.42. The fraction of sp³-hybridized carbons (Fsp3) is 0. The number of hydrogen-bond donors (Lipinski definition) is 0. The maximum absolute atomic E-state index is 2.48. The van der Waals surface area contributed by atoms with Crippen LogP contribution >= 0.6 is 0 Å². The Kier molecular flexibility index (Phi) is 8.55. The molecule has 10 aromatic carbocycles. The van der Waals surface area contributed by atoms with Gasteiger partial charge in [-0.2, -0.15) is 0 Å². The predicted molar refractivity (Wildman–Crippen MR) is 239 cm³/mol. The topological polar surface area (TPSA) is 6.48 Å². The lowest BCUT2D eigenvalue weighted by Gasteiger charge is -2.33. The van der Waals surface area contributed by atoms with Crippen molar-refractivity contribution in [2.24, 2.45) is 0 Å². The first-order valence-corrected chi connectivity index (χ1v) is 19.2. The van der Waals surface area contributed by atoms with Gasteiger partial charge in [0.2, 0.25) is 0 Å². The van der Waals surface area contributed by atoms with Crippen LogP contribution < -0.4 is 9.80 Å². The van der Waals surface area contributed by atoms with Crippen molar-refractivity contribution >= 4 is 66.4 Å². The summed E-state index contributed by atoms with van der Waals surface area (Å²) in [4.78, 5) is 4.96. The Morgan fingerprint density at radius 1 is 0.250 bits per heavy atom. The van der Waals surface area contributed by atoms with Crippen molar-refractivity contribution < 1.29 is 0 Å². The molecule has 0 aromatic heterocycles. The van der Waals surface area contributed by atoms with Crippen LogP contribution in [-0.4, -0.2) is 0 Å². The Bertz CT molecular complexity index is 2750. The average molecular weight is 715 g/mol. The molecule has 0 radical (unpaired) electrons. The number of benzene rings is 10. The van der Waals surface area contributed by atoms with Crippen LogP contribution in [0.3, 0.4) is 0 Å². The van der Waals surface area contributed by atoms with Crippen LogP contribution in [0.2, 0.25) is 0 Å². The molecule has 2 heteroatoms. The molecule has 0 unspecified atom stereocenters. The van der Waals surface area contributed by atoms with Crippen molar-refractivity contribution in [2.45, 2.75) is 0 Å². The number of nitrogens with zero attached hydrogens (tertiary/aromatic N) is 2. The summed E-state index contributed by atoms with van der Waals surface area (Å²) in [6.45, 7) is 0. The molecule has 0 bridgehead atoms. The molecule has 2 nitrogen and oxygen atoms in total. The molecule has 0 aliphatic carbocycles. The van der Waals surface area contributed by atoms with Crippen LogP contribution in [0.1, 0.15) is 0 Å². The lowest BCUT2D eigenvalue weighted by molar-refractivity contribution is 1.30. The van der Waals surface area contributed by atoms with E-state index in [1.54, 1.807) is 0 Å². The number of para-hydroxylation sites is 4. The van der Waals surface area contributed by atoms with Gasteiger partial charge in [-0.05, 0) is 70.4 Å². The first-order chi connectivity index (χ1) is 27.8. The molecule has 0 aliphatic heterocycles. The van der Waals surface area contributed by atoms with Gasteiger partial charge in [0.15, 0.2) is 0 Å². The van der Waals surface area contributed by atoms with Gasteiger partial charge in [0.1, 0.15) is 0 Å². The van der Waals surface area contributed by atoms with Crippen molar-refractivity contribution in [1.82, 2.24) is 0 Å². The van der Waals surface area contributed by atoms with E-state index >= 15 is 0 Å². The summed E-state index contributed by atoms with van der Waals surface area (Å²) < 4.78 is 0. The molecule has 56 heavy (non-hydrogen) atoms. The third-order valence-electron chi connectivity index (χ3n) is 10.8. The van der Waals surface area contributed by atoms with Gasteiger partial charge in [-0.1, -0.05) is 182 Å². The summed E-state index contributed by atoms with van der Waals surface area (Å²) in [6.07, 6.45) is 0. The zero-order valence-corrected chi connectivity index (χ0v) is 30.8. The summed E-state index contributed by atoms with van der Waals surface area (Å²) in [7, 11) is 0. The van der Waals surface area contributed by atoms with Crippen LogP contribution in [0.5, 0.6) is 0 Å². The SMILES string of the molecule is c1ccc(-c2ccccc2N(c2ccccc2)c2c3ccccc3cc3c(N(c4ccccc4)c4ccccc4-c4ccccc4)c4ccccc4cc23)cc1. The van der Waals surface area contributed by atoms with E-state index in [0.717, 1.165) is 34.1 Å². The van der Waals surface area contributed by atoms with Gasteiger partial charge < -0.3 is 9.80 Å². The zero-order chi connectivity index (χ0) is 37.3. The van der Waals surface area contributed by atoms with Gasteiger partial charge in [0.25, 0.3) is 0 Å². The highest BCUT2D eigenvalue weighted by Crippen LogP contribution is 2.52. The molecular formula is C54H38N2. The smallest absolute Gasteiger partial charge is 0.0619 e. The van der Waals surface area contributed by atoms with Crippen molar-refractivity contribution in [3.8, 4) is 22.3 Å². The van der Waals surface area contributed by atoms with Crippen molar-refractivity contribution in [2.75, 3.05) is 9.80 Å². The molecule has 0 atom stereocenters. The molecule has 10 aromatic rings. The van der Waals surface area contributed by atoms with Crippen molar-refractivity contribution in [1.29, 1.82) is 0 Å². The highest BCUT2D eigenvalue weighted by atomic mass is 15.2. The Morgan fingerprint density at radius 3 is 0.982 bits per heavy atom. The predicted octanol–water partition coefficient (Wildman–Crippen LogP) is 15.4. The number of hydrogen-bond acceptors (Lipinski definition) is 2. The molecule has 0 heterocycles. The van der Waals surface area contributed by atoms with Gasteiger partial charge in [0.05, 0.1) is 22.7 Å². The standard InChI is InChI=1S/C54H38N2/c1-5-21-39(22-6-1)45-31-17-19-35-51(45)55(43-27-9-3-10-28-43)53-47-33-15-13-25-41(47)38-50-49(53)37-42-26-14-16-34-48(42)54(50)56(44-29-11-4-12-30-44)52-36-20-18-32-46(52)40-23-7-2-8-24-40/h1-38H. The lowest BCUT2D eigenvalue weighted by atomic mass is 9.92. The van der Waals surface area contributed by atoms with E-state index in [2.05, 4.69) is 240 Å². The van der Waals surface area contributed by atoms with Crippen LogP contribution in [0.25, 0.3) is 54.6 Å². The Balaban J connectivity index is 1.37. The van der Waals surface area contributed by atoms with E-state index < -0.39 is 0 Å². The molecule has 0 N–H and O–H groups in total. The molecule has 0 saturated heterocycles. The van der Waals surface area contributed by atoms with Crippen molar-refractivity contribution in [3.05, 3.63) is 231 Å². The molecule has 0 aliphatic rings. The maximum Gasteiger partial charge on any atom is 0.0619 e. The van der Waals surface area contributed by atoms with Gasteiger partial charge in [-0.25, -0.2) is 0 Å². The van der Waals surface area contributed by atoms with E-state index in [0.29, 0.717) is 0 Å². The normalized spacial score (nSPS) is 11.2. The minimum atomic E-state index is 1.09. The second kappa shape index (κ2) is 14.4. The van der Waals surface area contributed by atoms with E-state index in [1.807, 2.05) is 0 Å². The number of fused-ring (bicyclic) bond motifs is 3. The fourth-order valence-corrected chi connectivity index (χ4v) is 8.30. The van der Waals surface area contributed by atoms with Crippen LogP contribution in [0, 0.1) is 0 Å². The van der Waals surface area contributed by atoms with Crippen LogP contribution in [0.15, 0.2) is 231 Å². The van der Waals surface area contributed by atoms with E-state index in [-0.39, 0.29) is 0 Å². The number of anilines is 6. The van der Waals surface area contributed by atoms with Crippen LogP contribution in [-0.2, 0) is 0 Å². The lowest BCUT2D eigenvalue weighted by Crippen LogP contribution is -2.14. The molecule has 264 valence electrons. The highest BCUT2D eigenvalue weighted by Gasteiger charge is 2.26. The third-order valence-corrected chi connectivity index (χ3v) is 10.8. The minimum Gasteiger partial charge on any atom is -0.309 e. The zero-order valence-electron chi connectivity index (χ0n) is 30.8. The van der Waals surface area contributed by atoms with Gasteiger partial charge in [0, 0.05) is 44.0 Å². The molecular weight excluding hydrogens is 677 g/mol. The van der Waals surface area contributed by atoms with Gasteiger partial charge in [-0.15, -0.1) is 0 Å². The second-order valence-electron chi connectivity index (χ2n) is 14.1. The van der Waals surface area contributed by atoms with Gasteiger partial charge >= 0.3 is 0 Å². The summed E-state index contributed by atoms with van der Waals surface area (Å²) in [5.74, 6) is 0. The van der Waals surface area contributed by atoms with Crippen molar-refractivity contribution in [3.63, 3.8) is 0 Å². The molecule has 0 saturated carbocycles.